The molecule has 0 fully saturated rings. The van der Waals surface area contributed by atoms with Crippen LogP contribution in [-0.2, 0) is 4.79 Å². The third-order valence-corrected chi connectivity index (χ3v) is 3.90. The van der Waals surface area contributed by atoms with Gasteiger partial charge >= 0.3 is 0 Å². The van der Waals surface area contributed by atoms with Crippen LogP contribution in [0.25, 0.3) is 0 Å². The van der Waals surface area contributed by atoms with Crippen molar-refractivity contribution in [1.29, 1.82) is 0 Å². The van der Waals surface area contributed by atoms with Crippen molar-refractivity contribution in [1.82, 2.24) is 16.2 Å². The summed E-state index contributed by atoms with van der Waals surface area (Å²) >= 11 is 17.5. The van der Waals surface area contributed by atoms with E-state index in [1.165, 1.54) is 24.3 Å². The van der Waals surface area contributed by atoms with Gasteiger partial charge in [-0.25, -0.2) is 0 Å². The van der Waals surface area contributed by atoms with Crippen LogP contribution in [0.3, 0.4) is 0 Å². The fourth-order valence-corrected chi connectivity index (χ4v) is 2.53. The van der Waals surface area contributed by atoms with Gasteiger partial charge in [0, 0.05) is 5.02 Å². The number of amides is 3. The molecule has 0 atom stereocenters. The molecule has 2 aromatic carbocycles. The van der Waals surface area contributed by atoms with E-state index in [-0.39, 0.29) is 27.7 Å². The lowest BCUT2D eigenvalue weighted by Crippen LogP contribution is -2.46. The first-order chi connectivity index (χ1) is 11.9. The average Bonchev–Trinajstić information content (AvgIpc) is 2.58. The second-order valence-corrected chi connectivity index (χ2v) is 6.04. The molecule has 0 saturated heterocycles. The zero-order valence-corrected chi connectivity index (χ0v) is 14.9. The topological polar surface area (TPSA) is 87.3 Å². The van der Waals surface area contributed by atoms with Crippen LogP contribution in [0.1, 0.15) is 20.7 Å². The highest BCUT2D eigenvalue weighted by molar-refractivity contribution is 6.36. The molecule has 9 heteroatoms. The number of halogens is 3. The molecule has 0 saturated carbocycles. The predicted molar refractivity (Wildman–Crippen MR) is 95.9 cm³/mol. The molecule has 0 aromatic heterocycles. The Kier molecular flexibility index (Phi) is 6.64. The Morgan fingerprint density at radius 2 is 1.48 bits per heavy atom. The fraction of sp³-hybridized carbons (Fsp3) is 0.0625. The summed E-state index contributed by atoms with van der Waals surface area (Å²) in [7, 11) is 0. The predicted octanol–water partition coefficient (Wildman–Crippen LogP) is 2.84. The maximum absolute atomic E-state index is 12.0. The molecule has 2 rings (SSSR count). The van der Waals surface area contributed by atoms with Gasteiger partial charge in [0.2, 0.25) is 0 Å². The second-order valence-electron chi connectivity index (χ2n) is 4.79. The lowest BCUT2D eigenvalue weighted by molar-refractivity contribution is -0.120. The normalized spacial score (nSPS) is 10.0. The first-order valence-electron chi connectivity index (χ1n) is 6.95. The van der Waals surface area contributed by atoms with Gasteiger partial charge in [-0.1, -0.05) is 46.9 Å². The maximum atomic E-state index is 12.0. The molecule has 130 valence electrons. The highest BCUT2D eigenvalue weighted by Crippen LogP contribution is 2.20. The zero-order chi connectivity index (χ0) is 18.4. The molecule has 0 radical (unpaired) electrons. The Bertz CT molecular complexity index is 827. The second kappa shape index (κ2) is 8.71. The number of rotatable bonds is 4. The highest BCUT2D eigenvalue weighted by atomic mass is 35.5. The van der Waals surface area contributed by atoms with Crippen molar-refractivity contribution in [3.8, 4) is 0 Å². The quantitative estimate of drug-likeness (QED) is 0.690. The number of hydrogen-bond donors (Lipinski definition) is 3. The third kappa shape index (κ3) is 5.35. The van der Waals surface area contributed by atoms with Crippen LogP contribution in [0.5, 0.6) is 0 Å². The number of nitrogens with one attached hydrogen (secondary N) is 3. The molecular formula is C16H12Cl3N3O3. The van der Waals surface area contributed by atoms with E-state index < -0.39 is 17.7 Å². The summed E-state index contributed by atoms with van der Waals surface area (Å²) in [5.41, 5.74) is 4.77. The van der Waals surface area contributed by atoms with E-state index in [2.05, 4.69) is 16.2 Å². The first kappa shape index (κ1) is 19.1. The number of benzene rings is 2. The molecular weight excluding hydrogens is 389 g/mol. The van der Waals surface area contributed by atoms with Crippen molar-refractivity contribution < 1.29 is 14.4 Å². The SMILES string of the molecule is O=C(CNC(=O)c1ccc(Cl)cc1Cl)NNC(=O)c1ccccc1Cl. The van der Waals surface area contributed by atoms with Gasteiger partial charge in [0.15, 0.2) is 0 Å². The summed E-state index contributed by atoms with van der Waals surface area (Å²) < 4.78 is 0. The summed E-state index contributed by atoms with van der Waals surface area (Å²) in [5.74, 6) is -1.75. The Hall–Kier alpha value is -2.28. The molecule has 0 heterocycles. The van der Waals surface area contributed by atoms with Crippen molar-refractivity contribution in [2.45, 2.75) is 0 Å². The third-order valence-electron chi connectivity index (χ3n) is 3.02. The summed E-state index contributed by atoms with van der Waals surface area (Å²) in [5, 5.41) is 3.18. The molecule has 0 aliphatic carbocycles. The van der Waals surface area contributed by atoms with Crippen LogP contribution in [0.4, 0.5) is 0 Å². The van der Waals surface area contributed by atoms with Crippen molar-refractivity contribution in [3.63, 3.8) is 0 Å². The van der Waals surface area contributed by atoms with E-state index in [0.29, 0.717) is 5.02 Å². The van der Waals surface area contributed by atoms with Crippen molar-refractivity contribution in [2.24, 2.45) is 0 Å². The van der Waals surface area contributed by atoms with Gasteiger partial charge in [0.1, 0.15) is 0 Å². The van der Waals surface area contributed by atoms with E-state index in [0.717, 1.165) is 0 Å². The van der Waals surface area contributed by atoms with Crippen LogP contribution in [0.2, 0.25) is 15.1 Å². The van der Waals surface area contributed by atoms with E-state index in [1.807, 2.05) is 0 Å². The molecule has 0 aliphatic heterocycles. The maximum Gasteiger partial charge on any atom is 0.271 e. The van der Waals surface area contributed by atoms with E-state index in [1.54, 1.807) is 18.2 Å². The van der Waals surface area contributed by atoms with E-state index >= 15 is 0 Å². The number of carbonyl (C=O) groups is 3. The zero-order valence-electron chi connectivity index (χ0n) is 12.6. The minimum atomic E-state index is -0.626. The first-order valence-corrected chi connectivity index (χ1v) is 8.09. The lowest BCUT2D eigenvalue weighted by atomic mass is 10.2. The van der Waals surface area contributed by atoms with E-state index in [9.17, 15) is 14.4 Å². The van der Waals surface area contributed by atoms with Gasteiger partial charge in [0.05, 0.1) is 27.7 Å². The molecule has 0 bridgehead atoms. The Balaban J connectivity index is 1.83. The largest absolute Gasteiger partial charge is 0.343 e. The van der Waals surface area contributed by atoms with Crippen molar-refractivity contribution in [3.05, 3.63) is 68.7 Å². The number of carbonyl (C=O) groups excluding carboxylic acids is 3. The molecule has 3 N–H and O–H groups in total. The van der Waals surface area contributed by atoms with Gasteiger partial charge in [-0.2, -0.15) is 0 Å². The summed E-state index contributed by atoms with van der Waals surface area (Å²) in [6.07, 6.45) is 0. The molecule has 0 spiro atoms. The van der Waals surface area contributed by atoms with Crippen LogP contribution >= 0.6 is 34.8 Å². The summed E-state index contributed by atoms with van der Waals surface area (Å²) in [6, 6.07) is 10.7. The molecule has 0 aliphatic rings. The molecule has 6 nitrogen and oxygen atoms in total. The van der Waals surface area contributed by atoms with Gasteiger partial charge in [-0.15, -0.1) is 0 Å². The smallest absolute Gasteiger partial charge is 0.271 e. The Morgan fingerprint density at radius 1 is 0.800 bits per heavy atom. The standard InChI is InChI=1S/C16H12Cl3N3O3/c17-9-5-6-11(13(19)7-9)15(24)20-8-14(23)21-22-16(25)10-3-1-2-4-12(10)18/h1-7H,8H2,(H,20,24)(H,21,23)(H,22,25). The van der Waals surface area contributed by atoms with Crippen molar-refractivity contribution in [2.75, 3.05) is 6.54 Å². The van der Waals surface area contributed by atoms with Gasteiger partial charge in [0.25, 0.3) is 17.7 Å². The Labute approximate surface area is 158 Å². The fourth-order valence-electron chi connectivity index (χ4n) is 1.81. The number of hydrogen-bond acceptors (Lipinski definition) is 3. The van der Waals surface area contributed by atoms with Crippen molar-refractivity contribution >= 4 is 52.5 Å². The minimum Gasteiger partial charge on any atom is -0.343 e. The van der Waals surface area contributed by atoms with Crippen LogP contribution in [0, 0.1) is 0 Å². The molecule has 2 aromatic rings. The van der Waals surface area contributed by atoms with Gasteiger partial charge in [-0.05, 0) is 30.3 Å². The number of hydrazine groups is 1. The average molecular weight is 401 g/mol. The van der Waals surface area contributed by atoms with Crippen LogP contribution in [-0.4, -0.2) is 24.3 Å². The summed E-state index contributed by atoms with van der Waals surface area (Å²) in [6.45, 7) is -0.361. The van der Waals surface area contributed by atoms with E-state index in [4.69, 9.17) is 34.8 Å². The van der Waals surface area contributed by atoms with Crippen LogP contribution < -0.4 is 16.2 Å². The van der Waals surface area contributed by atoms with Gasteiger partial charge < -0.3 is 5.32 Å². The lowest BCUT2D eigenvalue weighted by Gasteiger charge is -2.10. The van der Waals surface area contributed by atoms with Gasteiger partial charge in [-0.3, -0.25) is 25.2 Å². The molecule has 3 amide bonds. The molecule has 25 heavy (non-hydrogen) atoms. The van der Waals surface area contributed by atoms with Crippen LogP contribution in [0.15, 0.2) is 42.5 Å². The molecule has 0 unspecified atom stereocenters. The Morgan fingerprint density at radius 3 is 2.16 bits per heavy atom. The minimum absolute atomic E-state index is 0.164. The summed E-state index contributed by atoms with van der Waals surface area (Å²) in [4.78, 5) is 35.6. The monoisotopic (exact) mass is 399 g/mol. The highest BCUT2D eigenvalue weighted by Gasteiger charge is 2.13.